The van der Waals surface area contributed by atoms with E-state index in [4.69, 9.17) is 4.42 Å². The number of rotatable bonds is 5. The number of benzene rings is 1. The van der Waals surface area contributed by atoms with Gasteiger partial charge in [-0.25, -0.2) is 4.79 Å². The SMILES string of the molecule is CN(Cc1ccco1)C(=O)CCn1c(=O)n(C)c2ccccc21. The summed E-state index contributed by atoms with van der Waals surface area (Å²) in [7, 11) is 3.47. The molecule has 0 fully saturated rings. The third-order valence-electron chi connectivity index (χ3n) is 4.00. The monoisotopic (exact) mass is 313 g/mol. The lowest BCUT2D eigenvalue weighted by atomic mass is 10.3. The molecule has 0 spiro atoms. The van der Waals surface area contributed by atoms with Crippen LogP contribution in [0, 0.1) is 0 Å². The van der Waals surface area contributed by atoms with E-state index < -0.39 is 0 Å². The Morgan fingerprint density at radius 3 is 2.61 bits per heavy atom. The van der Waals surface area contributed by atoms with E-state index in [1.54, 1.807) is 40.5 Å². The van der Waals surface area contributed by atoms with Gasteiger partial charge in [0.15, 0.2) is 0 Å². The van der Waals surface area contributed by atoms with Gasteiger partial charge in [0, 0.05) is 27.1 Å². The van der Waals surface area contributed by atoms with Crippen molar-refractivity contribution in [2.75, 3.05) is 7.05 Å². The number of hydrogen-bond donors (Lipinski definition) is 0. The molecule has 3 rings (SSSR count). The molecule has 23 heavy (non-hydrogen) atoms. The fraction of sp³-hybridized carbons (Fsp3) is 0.294. The van der Waals surface area contributed by atoms with Crippen LogP contribution in [0.5, 0.6) is 0 Å². The summed E-state index contributed by atoms with van der Waals surface area (Å²) in [6.07, 6.45) is 1.86. The lowest BCUT2D eigenvalue weighted by Gasteiger charge is -2.15. The molecule has 2 heterocycles. The van der Waals surface area contributed by atoms with E-state index in [0.717, 1.165) is 16.8 Å². The average Bonchev–Trinajstić information content (AvgIpc) is 3.14. The van der Waals surface area contributed by atoms with Crippen LogP contribution in [0.4, 0.5) is 0 Å². The van der Waals surface area contributed by atoms with Crippen molar-refractivity contribution in [3.05, 3.63) is 58.9 Å². The zero-order valence-corrected chi connectivity index (χ0v) is 13.2. The third kappa shape index (κ3) is 2.92. The number of para-hydroxylation sites is 2. The zero-order chi connectivity index (χ0) is 16.4. The van der Waals surface area contributed by atoms with Crippen LogP contribution < -0.4 is 5.69 Å². The Balaban J connectivity index is 1.72. The van der Waals surface area contributed by atoms with Gasteiger partial charge in [0.05, 0.1) is 23.8 Å². The van der Waals surface area contributed by atoms with Gasteiger partial charge in [-0.05, 0) is 24.3 Å². The molecule has 6 nitrogen and oxygen atoms in total. The Hall–Kier alpha value is -2.76. The van der Waals surface area contributed by atoms with Crippen molar-refractivity contribution in [3.63, 3.8) is 0 Å². The van der Waals surface area contributed by atoms with Crippen molar-refractivity contribution in [2.45, 2.75) is 19.5 Å². The minimum Gasteiger partial charge on any atom is -0.467 e. The van der Waals surface area contributed by atoms with Crippen LogP contribution in [0.1, 0.15) is 12.2 Å². The third-order valence-corrected chi connectivity index (χ3v) is 4.00. The molecule has 6 heteroatoms. The van der Waals surface area contributed by atoms with Gasteiger partial charge in [0.25, 0.3) is 0 Å². The smallest absolute Gasteiger partial charge is 0.328 e. The molecule has 0 unspecified atom stereocenters. The molecule has 0 aliphatic rings. The number of hydrogen-bond acceptors (Lipinski definition) is 3. The van der Waals surface area contributed by atoms with Crippen LogP contribution in [-0.4, -0.2) is 27.0 Å². The van der Waals surface area contributed by atoms with Crippen molar-refractivity contribution >= 4 is 16.9 Å². The maximum Gasteiger partial charge on any atom is 0.328 e. The number of amides is 1. The summed E-state index contributed by atoms with van der Waals surface area (Å²) in [6, 6.07) is 11.2. The first-order valence-electron chi connectivity index (χ1n) is 7.48. The van der Waals surface area contributed by atoms with Crippen LogP contribution in [-0.2, 0) is 24.9 Å². The van der Waals surface area contributed by atoms with Crippen LogP contribution in [0.3, 0.4) is 0 Å². The first-order valence-corrected chi connectivity index (χ1v) is 7.48. The van der Waals surface area contributed by atoms with E-state index in [9.17, 15) is 9.59 Å². The number of carbonyl (C=O) groups is 1. The lowest BCUT2D eigenvalue weighted by molar-refractivity contribution is -0.130. The normalized spacial score (nSPS) is 11.0. The van der Waals surface area contributed by atoms with Gasteiger partial charge in [-0.2, -0.15) is 0 Å². The van der Waals surface area contributed by atoms with Gasteiger partial charge < -0.3 is 9.32 Å². The van der Waals surface area contributed by atoms with E-state index in [1.165, 1.54) is 0 Å². The van der Waals surface area contributed by atoms with Gasteiger partial charge in [0.2, 0.25) is 5.91 Å². The summed E-state index contributed by atoms with van der Waals surface area (Å²) < 4.78 is 8.50. The largest absolute Gasteiger partial charge is 0.467 e. The van der Waals surface area contributed by atoms with Crippen LogP contribution >= 0.6 is 0 Å². The second-order valence-electron chi connectivity index (χ2n) is 5.56. The van der Waals surface area contributed by atoms with Gasteiger partial charge >= 0.3 is 5.69 Å². The molecule has 3 aromatic rings. The first kappa shape index (κ1) is 15.1. The molecule has 0 aliphatic heterocycles. The summed E-state index contributed by atoms with van der Waals surface area (Å²) in [5.74, 6) is 0.712. The van der Waals surface area contributed by atoms with E-state index in [0.29, 0.717) is 13.1 Å². The molecule has 0 aliphatic carbocycles. The molecule has 0 saturated carbocycles. The highest BCUT2D eigenvalue weighted by Crippen LogP contribution is 2.12. The molecule has 0 N–H and O–H groups in total. The summed E-state index contributed by atoms with van der Waals surface area (Å²) in [5.41, 5.74) is 1.61. The molecule has 1 amide bonds. The fourth-order valence-corrected chi connectivity index (χ4v) is 2.70. The van der Waals surface area contributed by atoms with Crippen molar-refractivity contribution in [1.29, 1.82) is 0 Å². The molecule has 0 radical (unpaired) electrons. The fourth-order valence-electron chi connectivity index (χ4n) is 2.70. The van der Waals surface area contributed by atoms with Crippen molar-refractivity contribution in [1.82, 2.24) is 14.0 Å². The molecule has 0 atom stereocenters. The van der Waals surface area contributed by atoms with Crippen LogP contribution in [0.25, 0.3) is 11.0 Å². The summed E-state index contributed by atoms with van der Waals surface area (Å²) in [4.78, 5) is 26.2. The summed E-state index contributed by atoms with van der Waals surface area (Å²) in [5, 5.41) is 0. The van der Waals surface area contributed by atoms with Crippen LogP contribution in [0.15, 0.2) is 51.9 Å². The highest BCUT2D eigenvalue weighted by atomic mass is 16.3. The minimum absolute atomic E-state index is 0.0266. The minimum atomic E-state index is -0.104. The number of aryl methyl sites for hydroxylation is 2. The van der Waals surface area contributed by atoms with Gasteiger partial charge in [0.1, 0.15) is 5.76 Å². The standard InChI is InChI=1S/C17H19N3O3/c1-18(12-13-6-5-11-23-13)16(21)9-10-20-15-8-4-3-7-14(15)19(2)17(20)22/h3-8,11H,9-10,12H2,1-2H3. The second kappa shape index (κ2) is 6.16. The maximum absolute atomic E-state index is 12.3. The highest BCUT2D eigenvalue weighted by Gasteiger charge is 2.14. The Morgan fingerprint density at radius 1 is 1.17 bits per heavy atom. The van der Waals surface area contributed by atoms with Gasteiger partial charge in [-0.15, -0.1) is 0 Å². The number of aromatic nitrogens is 2. The molecule has 1 aromatic carbocycles. The number of furan rings is 1. The maximum atomic E-state index is 12.3. The highest BCUT2D eigenvalue weighted by molar-refractivity contribution is 5.77. The molecule has 120 valence electrons. The topological polar surface area (TPSA) is 60.4 Å². The van der Waals surface area contributed by atoms with Crippen molar-refractivity contribution in [2.24, 2.45) is 7.05 Å². The molecular weight excluding hydrogens is 294 g/mol. The predicted molar refractivity (Wildman–Crippen MR) is 87.0 cm³/mol. The second-order valence-corrected chi connectivity index (χ2v) is 5.56. The Kier molecular flexibility index (Phi) is 4.06. The first-order chi connectivity index (χ1) is 11.1. The van der Waals surface area contributed by atoms with Crippen LogP contribution in [0.2, 0.25) is 0 Å². The molecule has 0 bridgehead atoms. The Labute approximate surface area is 133 Å². The number of imidazole rings is 1. The Morgan fingerprint density at radius 2 is 1.91 bits per heavy atom. The van der Waals surface area contributed by atoms with E-state index in [-0.39, 0.29) is 18.0 Å². The van der Waals surface area contributed by atoms with Crippen molar-refractivity contribution < 1.29 is 9.21 Å². The molecule has 0 saturated heterocycles. The lowest BCUT2D eigenvalue weighted by Crippen LogP contribution is -2.29. The van der Waals surface area contributed by atoms with Gasteiger partial charge in [-0.3, -0.25) is 13.9 Å². The number of fused-ring (bicyclic) bond motifs is 1. The molecular formula is C17H19N3O3. The van der Waals surface area contributed by atoms with E-state index in [2.05, 4.69) is 0 Å². The number of carbonyl (C=O) groups excluding carboxylic acids is 1. The van der Waals surface area contributed by atoms with Gasteiger partial charge in [-0.1, -0.05) is 12.1 Å². The van der Waals surface area contributed by atoms with E-state index >= 15 is 0 Å². The molecule has 2 aromatic heterocycles. The quantitative estimate of drug-likeness (QED) is 0.723. The predicted octanol–water partition coefficient (Wildman–Crippen LogP) is 1.98. The number of nitrogens with zero attached hydrogens (tertiary/aromatic N) is 3. The Bertz CT molecular complexity index is 874. The summed E-state index contributed by atoms with van der Waals surface area (Å²) in [6.45, 7) is 0.789. The average molecular weight is 313 g/mol. The zero-order valence-electron chi connectivity index (χ0n) is 13.2. The summed E-state index contributed by atoms with van der Waals surface area (Å²) >= 11 is 0. The van der Waals surface area contributed by atoms with Crippen molar-refractivity contribution in [3.8, 4) is 0 Å². The van der Waals surface area contributed by atoms with E-state index in [1.807, 2.05) is 30.3 Å².